The number of rotatable bonds is 6. The molecule has 29 heavy (non-hydrogen) atoms. The summed E-state index contributed by atoms with van der Waals surface area (Å²) < 4.78 is 31.9. The molecule has 1 atom stereocenters. The number of nitrogens with zero attached hydrogens (tertiary/aromatic N) is 2. The third-order valence-electron chi connectivity index (χ3n) is 5.18. The molecule has 1 heterocycles. The second-order valence-corrected chi connectivity index (χ2v) is 9.92. The summed E-state index contributed by atoms with van der Waals surface area (Å²) in [5.74, 6) is 0.874. The summed E-state index contributed by atoms with van der Waals surface area (Å²) in [6.45, 7) is 6.44. The lowest BCUT2D eigenvalue weighted by Gasteiger charge is -2.24. The Labute approximate surface area is 173 Å². The van der Waals surface area contributed by atoms with E-state index >= 15 is 0 Å². The van der Waals surface area contributed by atoms with Crippen molar-refractivity contribution in [1.29, 1.82) is 0 Å². The SMILES string of the molecule is CC(Oc1ccccc1C(C)C)C(=O)N1CCc2cc(S(=O)(=O)N(C)C)ccc21. The van der Waals surface area contributed by atoms with Gasteiger partial charge in [-0.2, -0.15) is 0 Å². The van der Waals surface area contributed by atoms with Crippen molar-refractivity contribution < 1.29 is 17.9 Å². The normalized spacial score (nSPS) is 14.9. The van der Waals surface area contributed by atoms with E-state index in [2.05, 4.69) is 13.8 Å². The molecule has 1 amide bonds. The minimum Gasteiger partial charge on any atom is -0.481 e. The number of hydrogen-bond donors (Lipinski definition) is 0. The van der Waals surface area contributed by atoms with Gasteiger partial charge in [-0.25, -0.2) is 12.7 Å². The number of anilines is 1. The van der Waals surface area contributed by atoms with Crippen molar-refractivity contribution >= 4 is 21.6 Å². The van der Waals surface area contributed by atoms with Gasteiger partial charge in [-0.1, -0.05) is 32.0 Å². The van der Waals surface area contributed by atoms with Gasteiger partial charge in [0.05, 0.1) is 4.90 Å². The molecule has 0 fully saturated rings. The predicted molar refractivity (Wildman–Crippen MR) is 114 cm³/mol. The van der Waals surface area contributed by atoms with E-state index in [-0.39, 0.29) is 16.7 Å². The van der Waals surface area contributed by atoms with Gasteiger partial charge in [0.15, 0.2) is 6.10 Å². The van der Waals surface area contributed by atoms with Crippen LogP contribution in [-0.4, -0.2) is 45.4 Å². The van der Waals surface area contributed by atoms with E-state index in [9.17, 15) is 13.2 Å². The average molecular weight is 417 g/mol. The van der Waals surface area contributed by atoms with Crippen LogP contribution >= 0.6 is 0 Å². The summed E-state index contributed by atoms with van der Waals surface area (Å²) in [5.41, 5.74) is 2.67. The molecule has 7 heteroatoms. The van der Waals surface area contributed by atoms with Crippen molar-refractivity contribution in [2.45, 2.75) is 44.1 Å². The second kappa shape index (κ2) is 8.16. The maximum atomic E-state index is 13.1. The lowest BCUT2D eigenvalue weighted by atomic mass is 10.0. The van der Waals surface area contributed by atoms with Crippen LogP contribution in [0.5, 0.6) is 5.75 Å². The van der Waals surface area contributed by atoms with E-state index in [0.717, 1.165) is 22.6 Å². The molecule has 0 spiro atoms. The molecule has 0 aromatic heterocycles. The Morgan fingerprint density at radius 3 is 2.45 bits per heavy atom. The van der Waals surface area contributed by atoms with E-state index in [1.165, 1.54) is 18.4 Å². The van der Waals surface area contributed by atoms with Gasteiger partial charge in [-0.3, -0.25) is 4.79 Å². The van der Waals surface area contributed by atoms with E-state index in [1.54, 1.807) is 30.0 Å². The Bertz CT molecular complexity index is 1020. The first kappa shape index (κ1) is 21.3. The molecule has 1 unspecified atom stereocenters. The van der Waals surface area contributed by atoms with E-state index in [1.807, 2.05) is 24.3 Å². The van der Waals surface area contributed by atoms with Crippen LogP contribution in [-0.2, 0) is 21.2 Å². The van der Waals surface area contributed by atoms with Gasteiger partial charge in [0.1, 0.15) is 5.75 Å². The maximum Gasteiger partial charge on any atom is 0.267 e. The molecule has 1 aliphatic rings. The fraction of sp³-hybridized carbons (Fsp3) is 0.409. The average Bonchev–Trinajstić information content (AvgIpc) is 3.10. The van der Waals surface area contributed by atoms with Crippen molar-refractivity contribution in [3.05, 3.63) is 53.6 Å². The number of amides is 1. The number of carbonyl (C=O) groups is 1. The summed E-state index contributed by atoms with van der Waals surface area (Å²) in [7, 11) is -0.488. The van der Waals surface area contributed by atoms with Crippen LogP contribution < -0.4 is 9.64 Å². The van der Waals surface area contributed by atoms with Crippen LogP contribution in [0, 0.1) is 0 Å². The molecule has 6 nitrogen and oxygen atoms in total. The van der Waals surface area contributed by atoms with Crippen LogP contribution in [0.1, 0.15) is 37.8 Å². The number of hydrogen-bond acceptors (Lipinski definition) is 4. The summed E-state index contributed by atoms with van der Waals surface area (Å²) in [6, 6.07) is 12.7. The van der Waals surface area contributed by atoms with Crippen molar-refractivity contribution in [2.75, 3.05) is 25.5 Å². The van der Waals surface area contributed by atoms with Crippen LogP contribution in [0.4, 0.5) is 5.69 Å². The van der Waals surface area contributed by atoms with Gasteiger partial charge in [0.2, 0.25) is 10.0 Å². The molecule has 3 rings (SSSR count). The Kier molecular flexibility index (Phi) is 6.00. The summed E-state index contributed by atoms with van der Waals surface area (Å²) in [5, 5.41) is 0. The lowest BCUT2D eigenvalue weighted by molar-refractivity contribution is -0.124. The third kappa shape index (κ3) is 4.16. The molecular weight excluding hydrogens is 388 g/mol. The summed E-state index contributed by atoms with van der Waals surface area (Å²) >= 11 is 0. The highest BCUT2D eigenvalue weighted by Gasteiger charge is 2.31. The van der Waals surface area contributed by atoms with Gasteiger partial charge in [-0.05, 0) is 54.7 Å². The van der Waals surface area contributed by atoms with E-state index in [4.69, 9.17) is 4.74 Å². The number of ether oxygens (including phenoxy) is 1. The minimum atomic E-state index is -3.50. The van der Waals surface area contributed by atoms with Crippen LogP contribution in [0.15, 0.2) is 47.4 Å². The first-order valence-electron chi connectivity index (χ1n) is 9.75. The first-order valence-corrected chi connectivity index (χ1v) is 11.2. The van der Waals surface area contributed by atoms with Gasteiger partial charge < -0.3 is 9.64 Å². The van der Waals surface area contributed by atoms with Crippen molar-refractivity contribution in [3.8, 4) is 5.75 Å². The van der Waals surface area contributed by atoms with Crippen molar-refractivity contribution in [2.24, 2.45) is 0 Å². The van der Waals surface area contributed by atoms with Gasteiger partial charge in [-0.15, -0.1) is 0 Å². The zero-order valence-electron chi connectivity index (χ0n) is 17.5. The Morgan fingerprint density at radius 2 is 1.79 bits per heavy atom. The number of sulfonamides is 1. The smallest absolute Gasteiger partial charge is 0.267 e. The largest absolute Gasteiger partial charge is 0.481 e. The third-order valence-corrected chi connectivity index (χ3v) is 6.99. The molecule has 156 valence electrons. The molecule has 0 bridgehead atoms. The second-order valence-electron chi connectivity index (χ2n) is 7.77. The number of para-hydroxylation sites is 1. The molecule has 0 saturated carbocycles. The zero-order valence-corrected chi connectivity index (χ0v) is 18.4. The quantitative estimate of drug-likeness (QED) is 0.724. The topological polar surface area (TPSA) is 66.9 Å². The fourth-order valence-corrected chi connectivity index (χ4v) is 4.46. The molecule has 0 radical (unpaired) electrons. The Morgan fingerprint density at radius 1 is 1.10 bits per heavy atom. The highest BCUT2D eigenvalue weighted by Crippen LogP contribution is 2.32. The molecule has 0 aliphatic carbocycles. The van der Waals surface area contributed by atoms with Crippen LogP contribution in [0.25, 0.3) is 0 Å². The number of benzene rings is 2. The van der Waals surface area contributed by atoms with Crippen molar-refractivity contribution in [1.82, 2.24) is 4.31 Å². The molecule has 2 aromatic carbocycles. The standard InChI is InChI=1S/C22H28N2O4S/c1-15(2)19-8-6-7-9-21(19)28-16(3)22(25)24-13-12-17-14-18(10-11-20(17)24)29(26,27)23(4)5/h6-11,14-16H,12-13H2,1-5H3. The van der Waals surface area contributed by atoms with Gasteiger partial charge in [0, 0.05) is 26.3 Å². The monoisotopic (exact) mass is 416 g/mol. The summed E-state index contributed by atoms with van der Waals surface area (Å²) in [4.78, 5) is 15.0. The molecular formula is C22H28N2O4S. The van der Waals surface area contributed by atoms with Crippen molar-refractivity contribution in [3.63, 3.8) is 0 Å². The van der Waals surface area contributed by atoms with E-state index < -0.39 is 16.1 Å². The van der Waals surface area contributed by atoms with Gasteiger partial charge in [0.25, 0.3) is 5.91 Å². The first-order chi connectivity index (χ1) is 13.6. The maximum absolute atomic E-state index is 13.1. The zero-order chi connectivity index (χ0) is 21.3. The van der Waals surface area contributed by atoms with Crippen LogP contribution in [0.2, 0.25) is 0 Å². The van der Waals surface area contributed by atoms with Gasteiger partial charge >= 0.3 is 0 Å². The lowest BCUT2D eigenvalue weighted by Crippen LogP contribution is -2.39. The van der Waals surface area contributed by atoms with Crippen LogP contribution in [0.3, 0.4) is 0 Å². The Balaban J connectivity index is 1.81. The molecule has 2 aromatic rings. The highest BCUT2D eigenvalue weighted by molar-refractivity contribution is 7.89. The summed E-state index contributed by atoms with van der Waals surface area (Å²) in [6.07, 6.45) is -0.0290. The minimum absolute atomic E-state index is 0.134. The number of fused-ring (bicyclic) bond motifs is 1. The Hall–Kier alpha value is -2.38. The molecule has 1 aliphatic heterocycles. The fourth-order valence-electron chi connectivity index (χ4n) is 3.50. The molecule has 0 saturated heterocycles. The highest BCUT2D eigenvalue weighted by atomic mass is 32.2. The predicted octanol–water partition coefficient (Wildman–Crippen LogP) is 3.42. The van der Waals surface area contributed by atoms with E-state index in [0.29, 0.717) is 13.0 Å². The molecule has 0 N–H and O–H groups in total. The number of carbonyl (C=O) groups excluding carboxylic acids is 1.